The molecule has 29 heavy (non-hydrogen) atoms. The van der Waals surface area contributed by atoms with Crippen molar-refractivity contribution in [3.63, 3.8) is 0 Å². The van der Waals surface area contributed by atoms with Gasteiger partial charge in [0, 0.05) is 0 Å². The van der Waals surface area contributed by atoms with Crippen molar-refractivity contribution in [2.24, 2.45) is 0 Å². The predicted molar refractivity (Wildman–Crippen MR) is 108 cm³/mol. The van der Waals surface area contributed by atoms with Crippen LogP contribution in [0.2, 0.25) is 0 Å². The van der Waals surface area contributed by atoms with E-state index in [2.05, 4.69) is 0 Å². The molecule has 0 radical (unpaired) electrons. The Morgan fingerprint density at radius 1 is 0.724 bits per heavy atom. The van der Waals surface area contributed by atoms with Crippen molar-refractivity contribution in [3.8, 4) is 11.5 Å². The van der Waals surface area contributed by atoms with E-state index in [1.807, 2.05) is 13.8 Å². The van der Waals surface area contributed by atoms with Crippen LogP contribution >= 0.6 is 0 Å². The number of unbranched alkanes of at least 4 members (excludes halogenated alkanes) is 1. The summed E-state index contributed by atoms with van der Waals surface area (Å²) in [5.41, 5.74) is 0.935. The number of carbonyl (C=O) groups is 2. The molecule has 0 amide bonds. The van der Waals surface area contributed by atoms with Crippen LogP contribution in [0.3, 0.4) is 0 Å². The van der Waals surface area contributed by atoms with E-state index >= 15 is 0 Å². The Kier molecular flexibility index (Phi) is 16.6. The van der Waals surface area contributed by atoms with Crippen LogP contribution in [-0.4, -0.2) is 58.4 Å². The molecular formula is C21H26MgO7. The number of benzene rings is 2. The van der Waals surface area contributed by atoms with Crippen LogP contribution in [0.4, 0.5) is 0 Å². The molecule has 0 aromatic heterocycles. The van der Waals surface area contributed by atoms with E-state index < -0.39 is 0 Å². The normalized spacial score (nSPS) is 9.03. The third-order valence-corrected chi connectivity index (χ3v) is 3.37. The molecule has 0 saturated heterocycles. The Morgan fingerprint density at radius 3 is 1.45 bits per heavy atom. The Balaban J connectivity index is 0. The van der Waals surface area contributed by atoms with Gasteiger partial charge in [0.2, 0.25) is 0 Å². The molecule has 2 rings (SSSR count). The summed E-state index contributed by atoms with van der Waals surface area (Å²) in [5, 5.41) is 18.0. The van der Waals surface area contributed by atoms with Crippen molar-refractivity contribution in [3.05, 3.63) is 59.7 Å². The molecule has 0 bridgehead atoms. The maximum absolute atomic E-state index is 11.3. The summed E-state index contributed by atoms with van der Waals surface area (Å²) in [6, 6.07) is 12.0. The van der Waals surface area contributed by atoms with E-state index in [9.17, 15) is 9.59 Å². The minimum atomic E-state index is -0.346. The first kappa shape index (κ1) is 28.9. The molecule has 0 heterocycles. The van der Waals surface area contributed by atoms with Gasteiger partial charge >= 0.3 is 35.0 Å². The van der Waals surface area contributed by atoms with Crippen molar-refractivity contribution < 1.29 is 34.8 Å². The van der Waals surface area contributed by atoms with Gasteiger partial charge in [0.1, 0.15) is 11.5 Å². The van der Waals surface area contributed by atoms with E-state index in [-0.39, 0.29) is 52.0 Å². The fourth-order valence-corrected chi connectivity index (χ4v) is 1.87. The SMILES string of the molecule is CCCCOC(=O)c1ccc(O)cc1.CCCOC(=O)c1ccc(O)cc1.[Mg+2].[O-2]. The third-order valence-electron chi connectivity index (χ3n) is 3.37. The molecule has 0 saturated carbocycles. The summed E-state index contributed by atoms with van der Waals surface area (Å²) in [6.45, 7) is 4.86. The summed E-state index contributed by atoms with van der Waals surface area (Å²) in [4.78, 5) is 22.5. The first-order valence-corrected chi connectivity index (χ1v) is 8.90. The fourth-order valence-electron chi connectivity index (χ4n) is 1.87. The zero-order valence-electron chi connectivity index (χ0n) is 16.8. The molecule has 0 atom stereocenters. The van der Waals surface area contributed by atoms with Crippen LogP contribution in [0.5, 0.6) is 11.5 Å². The number of carbonyl (C=O) groups excluding carboxylic acids is 2. The molecule has 0 aliphatic heterocycles. The van der Waals surface area contributed by atoms with Gasteiger partial charge in [0.25, 0.3) is 0 Å². The molecular weight excluding hydrogens is 389 g/mol. The molecule has 2 N–H and O–H groups in total. The second kappa shape index (κ2) is 16.6. The van der Waals surface area contributed by atoms with Crippen LogP contribution < -0.4 is 0 Å². The topological polar surface area (TPSA) is 122 Å². The number of rotatable bonds is 7. The Labute approximate surface area is 187 Å². The van der Waals surface area contributed by atoms with Gasteiger partial charge in [-0.15, -0.1) is 0 Å². The summed E-state index contributed by atoms with van der Waals surface area (Å²) >= 11 is 0. The minimum Gasteiger partial charge on any atom is -2.00 e. The van der Waals surface area contributed by atoms with Gasteiger partial charge in [-0.1, -0.05) is 20.3 Å². The number of aromatic hydroxyl groups is 2. The number of phenols is 2. The molecule has 154 valence electrons. The molecule has 2 aromatic rings. The van der Waals surface area contributed by atoms with E-state index in [0.717, 1.165) is 19.3 Å². The average Bonchev–Trinajstić information content (AvgIpc) is 2.68. The average molecular weight is 415 g/mol. The van der Waals surface area contributed by atoms with E-state index in [1.54, 1.807) is 12.1 Å². The van der Waals surface area contributed by atoms with Crippen LogP contribution in [-0.2, 0) is 14.9 Å². The second-order valence-corrected chi connectivity index (χ2v) is 5.72. The predicted octanol–water partition coefficient (Wildman–Crippen LogP) is 3.81. The van der Waals surface area contributed by atoms with Gasteiger partial charge in [0.05, 0.1) is 24.3 Å². The van der Waals surface area contributed by atoms with Crippen LogP contribution in [0.25, 0.3) is 0 Å². The molecule has 0 aliphatic carbocycles. The molecule has 7 nitrogen and oxygen atoms in total. The standard InChI is InChI=1S/C11H14O3.C10H12O3.Mg.O/c1-2-3-8-14-11(13)9-4-6-10(12)7-5-9;1-2-7-13-10(12)8-3-5-9(11)6-4-8;;/h4-7,12H,2-3,8H2,1H3;3-6,11H,2,7H2,1H3;;/q;;+2;-2. The number of hydrogen-bond acceptors (Lipinski definition) is 6. The molecule has 0 aliphatic rings. The summed E-state index contributed by atoms with van der Waals surface area (Å²) in [6.07, 6.45) is 2.69. The number of hydrogen-bond donors (Lipinski definition) is 2. The number of phenolic OH excluding ortho intramolecular Hbond substituents is 2. The van der Waals surface area contributed by atoms with Gasteiger partial charge in [-0.2, -0.15) is 0 Å². The molecule has 0 unspecified atom stereocenters. The zero-order chi connectivity index (χ0) is 20.1. The van der Waals surface area contributed by atoms with Gasteiger partial charge < -0.3 is 25.2 Å². The van der Waals surface area contributed by atoms with Gasteiger partial charge in [-0.3, -0.25) is 0 Å². The Morgan fingerprint density at radius 2 is 1.10 bits per heavy atom. The maximum atomic E-state index is 11.3. The van der Waals surface area contributed by atoms with Crippen molar-refractivity contribution in [2.75, 3.05) is 13.2 Å². The second-order valence-electron chi connectivity index (χ2n) is 5.72. The summed E-state index contributed by atoms with van der Waals surface area (Å²) in [7, 11) is 0. The van der Waals surface area contributed by atoms with Gasteiger partial charge in [0.15, 0.2) is 0 Å². The van der Waals surface area contributed by atoms with Crippen molar-refractivity contribution in [1.29, 1.82) is 0 Å². The van der Waals surface area contributed by atoms with Crippen molar-refractivity contribution in [1.82, 2.24) is 0 Å². The summed E-state index contributed by atoms with van der Waals surface area (Å²) < 4.78 is 9.88. The first-order valence-electron chi connectivity index (χ1n) is 8.90. The minimum absolute atomic E-state index is 0. The molecule has 0 fully saturated rings. The quantitative estimate of drug-likeness (QED) is 0.403. The first-order chi connectivity index (χ1) is 13.0. The van der Waals surface area contributed by atoms with Gasteiger partial charge in [-0.05, 0) is 61.4 Å². The van der Waals surface area contributed by atoms with Crippen molar-refractivity contribution >= 4 is 35.0 Å². The fraction of sp³-hybridized carbons (Fsp3) is 0.333. The number of ether oxygens (including phenoxy) is 2. The summed E-state index contributed by atoms with van der Waals surface area (Å²) in [5.74, 6) is -0.387. The maximum Gasteiger partial charge on any atom is 2.00 e. The largest absolute Gasteiger partial charge is 2.00 e. The van der Waals surface area contributed by atoms with Crippen LogP contribution in [0.1, 0.15) is 53.8 Å². The molecule has 0 spiro atoms. The Hall–Kier alpha value is -2.29. The van der Waals surface area contributed by atoms with E-state index in [0.29, 0.717) is 24.3 Å². The number of esters is 2. The van der Waals surface area contributed by atoms with Crippen molar-refractivity contribution in [2.45, 2.75) is 33.1 Å². The van der Waals surface area contributed by atoms with E-state index in [1.165, 1.54) is 36.4 Å². The monoisotopic (exact) mass is 414 g/mol. The third kappa shape index (κ3) is 12.0. The Bertz CT molecular complexity index is 700. The van der Waals surface area contributed by atoms with Crippen LogP contribution in [0, 0.1) is 0 Å². The molecule has 8 heteroatoms. The molecule has 2 aromatic carbocycles. The van der Waals surface area contributed by atoms with Gasteiger partial charge in [-0.25, -0.2) is 9.59 Å². The van der Waals surface area contributed by atoms with Crippen LogP contribution in [0.15, 0.2) is 48.5 Å². The smallest absolute Gasteiger partial charge is 2.00 e. The zero-order valence-corrected chi connectivity index (χ0v) is 18.2. The van der Waals surface area contributed by atoms with E-state index in [4.69, 9.17) is 19.7 Å².